The minimum absolute atomic E-state index is 0.184. The zero-order chi connectivity index (χ0) is 26.1. The van der Waals surface area contributed by atoms with Crippen molar-refractivity contribution in [3.05, 3.63) is 70.9 Å². The standard InChI is InChI=1S/C28H30FNO5S/c1-5-34-28(32)26-22(20-8-10-21(29)11-9-20)17-36-27(26)30-25(31)13-7-19-6-12-23(24(16-19)33-4)35-15-14-18(2)3/h6-13,16-18H,5,14-15H2,1-4H3,(H,30,31)/b13-7+. The number of halogens is 1. The Bertz CT molecular complexity index is 1220. The van der Waals surface area contributed by atoms with Gasteiger partial charge in [-0.25, -0.2) is 9.18 Å². The number of carbonyl (C=O) groups is 2. The van der Waals surface area contributed by atoms with E-state index in [1.807, 2.05) is 12.1 Å². The summed E-state index contributed by atoms with van der Waals surface area (Å²) in [5.74, 6) is 0.409. The fourth-order valence-electron chi connectivity index (χ4n) is 3.33. The first-order valence-electron chi connectivity index (χ1n) is 11.7. The van der Waals surface area contributed by atoms with E-state index in [-0.39, 0.29) is 18.0 Å². The number of thiophene rings is 1. The van der Waals surface area contributed by atoms with Gasteiger partial charge in [0.2, 0.25) is 5.91 Å². The normalized spacial score (nSPS) is 11.1. The summed E-state index contributed by atoms with van der Waals surface area (Å²) in [5, 5.41) is 4.86. The van der Waals surface area contributed by atoms with Gasteiger partial charge in [-0.3, -0.25) is 4.79 Å². The lowest BCUT2D eigenvalue weighted by atomic mass is 10.0. The van der Waals surface area contributed by atoms with Gasteiger partial charge in [-0.1, -0.05) is 32.0 Å². The number of hydrogen-bond donors (Lipinski definition) is 1. The van der Waals surface area contributed by atoms with Crippen LogP contribution >= 0.6 is 11.3 Å². The van der Waals surface area contributed by atoms with Crippen LogP contribution in [0.5, 0.6) is 11.5 Å². The van der Waals surface area contributed by atoms with Gasteiger partial charge < -0.3 is 19.5 Å². The first kappa shape index (κ1) is 26.9. The van der Waals surface area contributed by atoms with E-state index in [1.54, 1.807) is 43.7 Å². The van der Waals surface area contributed by atoms with Crippen molar-refractivity contribution in [2.45, 2.75) is 27.2 Å². The molecule has 1 heterocycles. The van der Waals surface area contributed by atoms with E-state index in [4.69, 9.17) is 14.2 Å². The summed E-state index contributed by atoms with van der Waals surface area (Å²) >= 11 is 1.20. The lowest BCUT2D eigenvalue weighted by molar-refractivity contribution is -0.111. The number of amides is 1. The number of anilines is 1. The van der Waals surface area contributed by atoms with Gasteiger partial charge in [-0.15, -0.1) is 11.3 Å². The molecular formula is C28H30FNO5S. The largest absolute Gasteiger partial charge is 0.493 e. The minimum atomic E-state index is -0.560. The predicted octanol–water partition coefficient (Wildman–Crippen LogP) is 6.82. The third kappa shape index (κ3) is 7.18. The molecule has 1 aromatic heterocycles. The second kappa shape index (κ2) is 12.9. The van der Waals surface area contributed by atoms with Crippen LogP contribution in [0.3, 0.4) is 0 Å². The van der Waals surface area contributed by atoms with Crippen molar-refractivity contribution in [2.24, 2.45) is 5.92 Å². The molecule has 0 aliphatic heterocycles. The molecule has 8 heteroatoms. The summed E-state index contributed by atoms with van der Waals surface area (Å²) in [5.41, 5.74) is 2.20. The number of benzene rings is 2. The summed E-state index contributed by atoms with van der Waals surface area (Å²) in [6.07, 6.45) is 3.96. The second-order valence-electron chi connectivity index (χ2n) is 8.34. The van der Waals surface area contributed by atoms with Gasteiger partial charge >= 0.3 is 5.97 Å². The zero-order valence-corrected chi connectivity index (χ0v) is 21.6. The van der Waals surface area contributed by atoms with Crippen LogP contribution in [-0.4, -0.2) is 32.2 Å². The highest BCUT2D eigenvalue weighted by Gasteiger charge is 2.22. The highest BCUT2D eigenvalue weighted by molar-refractivity contribution is 7.15. The number of hydrogen-bond acceptors (Lipinski definition) is 6. The van der Waals surface area contributed by atoms with Crippen LogP contribution in [0.2, 0.25) is 0 Å². The molecule has 0 aliphatic carbocycles. The molecule has 0 atom stereocenters. The summed E-state index contributed by atoms with van der Waals surface area (Å²) in [7, 11) is 1.57. The molecule has 0 unspecified atom stereocenters. The van der Waals surface area contributed by atoms with Crippen LogP contribution < -0.4 is 14.8 Å². The summed E-state index contributed by atoms with van der Waals surface area (Å²) < 4.78 is 29.8. The van der Waals surface area contributed by atoms with Crippen molar-refractivity contribution in [2.75, 3.05) is 25.6 Å². The summed E-state index contributed by atoms with van der Waals surface area (Å²) in [4.78, 5) is 25.4. The maximum atomic E-state index is 13.4. The number of ether oxygens (including phenoxy) is 3. The van der Waals surface area contributed by atoms with Gasteiger partial charge in [-0.2, -0.15) is 0 Å². The molecule has 36 heavy (non-hydrogen) atoms. The van der Waals surface area contributed by atoms with Crippen molar-refractivity contribution in [3.63, 3.8) is 0 Å². The molecular weight excluding hydrogens is 481 g/mol. The molecule has 0 aliphatic rings. The van der Waals surface area contributed by atoms with Crippen molar-refractivity contribution in [1.29, 1.82) is 0 Å². The number of carbonyl (C=O) groups excluding carboxylic acids is 2. The number of esters is 1. The van der Waals surface area contributed by atoms with E-state index in [1.165, 1.54) is 29.5 Å². The number of methoxy groups -OCH3 is 1. The zero-order valence-electron chi connectivity index (χ0n) is 20.8. The van der Waals surface area contributed by atoms with E-state index in [9.17, 15) is 14.0 Å². The third-order valence-corrected chi connectivity index (χ3v) is 6.13. The number of rotatable bonds is 11. The van der Waals surface area contributed by atoms with Gasteiger partial charge in [0.25, 0.3) is 0 Å². The van der Waals surface area contributed by atoms with E-state index >= 15 is 0 Å². The fourth-order valence-corrected chi connectivity index (χ4v) is 4.30. The first-order valence-corrected chi connectivity index (χ1v) is 12.5. The quantitative estimate of drug-likeness (QED) is 0.226. The minimum Gasteiger partial charge on any atom is -0.493 e. The lowest BCUT2D eigenvalue weighted by Gasteiger charge is -2.12. The van der Waals surface area contributed by atoms with Crippen molar-refractivity contribution < 1.29 is 28.2 Å². The van der Waals surface area contributed by atoms with Crippen molar-refractivity contribution in [1.82, 2.24) is 0 Å². The predicted molar refractivity (Wildman–Crippen MR) is 141 cm³/mol. The van der Waals surface area contributed by atoms with Gasteiger partial charge in [-0.05, 0) is 60.7 Å². The summed E-state index contributed by atoms with van der Waals surface area (Å²) in [6, 6.07) is 11.2. The lowest BCUT2D eigenvalue weighted by Crippen LogP contribution is -2.12. The first-order chi connectivity index (χ1) is 17.3. The Balaban J connectivity index is 1.76. The Kier molecular flexibility index (Phi) is 9.64. The van der Waals surface area contributed by atoms with E-state index in [0.29, 0.717) is 40.2 Å². The Morgan fingerprint density at radius 2 is 1.86 bits per heavy atom. The van der Waals surface area contributed by atoms with Crippen LogP contribution in [0, 0.1) is 11.7 Å². The fraction of sp³-hybridized carbons (Fsp3) is 0.286. The monoisotopic (exact) mass is 511 g/mol. The average molecular weight is 512 g/mol. The van der Waals surface area contributed by atoms with Crippen LogP contribution in [0.25, 0.3) is 17.2 Å². The highest BCUT2D eigenvalue weighted by atomic mass is 32.1. The molecule has 1 amide bonds. The maximum absolute atomic E-state index is 13.4. The molecule has 0 bridgehead atoms. The molecule has 1 N–H and O–H groups in total. The smallest absolute Gasteiger partial charge is 0.341 e. The van der Waals surface area contributed by atoms with Crippen molar-refractivity contribution >= 4 is 34.3 Å². The molecule has 0 spiro atoms. The average Bonchev–Trinajstić information content (AvgIpc) is 3.27. The van der Waals surface area contributed by atoms with Crippen LogP contribution in [0.1, 0.15) is 43.1 Å². The van der Waals surface area contributed by atoms with Crippen LogP contribution in [0.4, 0.5) is 9.39 Å². The van der Waals surface area contributed by atoms with Gasteiger partial charge in [0.1, 0.15) is 16.4 Å². The SMILES string of the molecule is CCOC(=O)c1c(-c2ccc(F)cc2)csc1NC(=O)/C=C/c1ccc(OCCC(C)C)c(OC)c1. The maximum Gasteiger partial charge on any atom is 0.341 e. The molecule has 3 aromatic rings. The second-order valence-corrected chi connectivity index (χ2v) is 9.22. The summed E-state index contributed by atoms with van der Waals surface area (Å²) in [6.45, 7) is 6.75. The Hall–Kier alpha value is -3.65. The van der Waals surface area contributed by atoms with Crippen molar-refractivity contribution in [3.8, 4) is 22.6 Å². The molecule has 0 radical (unpaired) electrons. The van der Waals surface area contributed by atoms with Gasteiger partial charge in [0.05, 0.1) is 20.3 Å². The van der Waals surface area contributed by atoms with E-state index in [0.717, 1.165) is 12.0 Å². The Labute approximate surface area is 214 Å². The molecule has 0 fully saturated rings. The number of nitrogens with one attached hydrogen (secondary N) is 1. The Morgan fingerprint density at radius 3 is 2.53 bits per heavy atom. The topological polar surface area (TPSA) is 73.9 Å². The third-order valence-electron chi connectivity index (χ3n) is 5.23. The molecule has 6 nitrogen and oxygen atoms in total. The van der Waals surface area contributed by atoms with Crippen LogP contribution in [-0.2, 0) is 9.53 Å². The highest BCUT2D eigenvalue weighted by Crippen LogP contribution is 2.36. The van der Waals surface area contributed by atoms with E-state index in [2.05, 4.69) is 19.2 Å². The molecule has 3 rings (SSSR count). The molecule has 190 valence electrons. The van der Waals surface area contributed by atoms with Crippen LogP contribution in [0.15, 0.2) is 53.9 Å². The van der Waals surface area contributed by atoms with Gasteiger partial charge in [0, 0.05) is 17.0 Å². The Morgan fingerprint density at radius 1 is 1.11 bits per heavy atom. The molecule has 0 saturated carbocycles. The molecule has 2 aromatic carbocycles. The molecule has 0 saturated heterocycles. The van der Waals surface area contributed by atoms with E-state index < -0.39 is 11.9 Å². The van der Waals surface area contributed by atoms with Gasteiger partial charge in [0.15, 0.2) is 11.5 Å².